The van der Waals surface area contributed by atoms with E-state index in [1.807, 2.05) is 18.2 Å². The van der Waals surface area contributed by atoms with Crippen molar-refractivity contribution in [2.45, 2.75) is 25.6 Å². The van der Waals surface area contributed by atoms with Gasteiger partial charge in [0.2, 0.25) is 5.95 Å². The summed E-state index contributed by atoms with van der Waals surface area (Å²) in [5.41, 5.74) is 12.6. The molecule has 4 N–H and O–H groups in total. The van der Waals surface area contributed by atoms with Crippen LogP contribution in [0.25, 0.3) is 10.9 Å². The second-order valence-corrected chi connectivity index (χ2v) is 7.84. The monoisotopic (exact) mass is 431 g/mol. The maximum absolute atomic E-state index is 12.7. The standard InChI is InChI=1S/C22H24F3N5O/c23-22(24,25)16-6-4-14(5-7-16)12-30-10-8-15(9-11-30)13-31-18-3-1-2-17-19(18)20(26)29-21(27)28-17/h1-7,15H,8-13H2,(H4,26,27,28,29). The molecule has 6 nitrogen and oxygen atoms in total. The van der Waals surface area contributed by atoms with E-state index in [4.69, 9.17) is 16.2 Å². The van der Waals surface area contributed by atoms with Gasteiger partial charge < -0.3 is 16.2 Å². The molecule has 0 unspecified atom stereocenters. The number of nitrogen functional groups attached to an aromatic ring is 2. The minimum Gasteiger partial charge on any atom is -0.492 e. The van der Waals surface area contributed by atoms with Gasteiger partial charge >= 0.3 is 6.18 Å². The van der Waals surface area contributed by atoms with Crippen molar-refractivity contribution in [3.8, 4) is 5.75 Å². The highest BCUT2D eigenvalue weighted by atomic mass is 19.4. The third-order valence-corrected chi connectivity index (χ3v) is 5.60. The van der Waals surface area contributed by atoms with Gasteiger partial charge in [-0.05, 0) is 61.7 Å². The number of ether oxygens (including phenoxy) is 1. The lowest BCUT2D eigenvalue weighted by molar-refractivity contribution is -0.137. The van der Waals surface area contributed by atoms with Crippen LogP contribution in [0.4, 0.5) is 24.9 Å². The molecule has 0 amide bonds. The molecule has 0 saturated carbocycles. The minimum atomic E-state index is -4.30. The summed E-state index contributed by atoms with van der Waals surface area (Å²) in [6, 6.07) is 10.9. The molecule has 9 heteroatoms. The summed E-state index contributed by atoms with van der Waals surface area (Å²) in [6.45, 7) is 2.93. The van der Waals surface area contributed by atoms with Crippen LogP contribution in [0.3, 0.4) is 0 Å². The van der Waals surface area contributed by atoms with Crippen molar-refractivity contribution in [3.63, 3.8) is 0 Å². The van der Waals surface area contributed by atoms with Gasteiger partial charge in [0.05, 0.1) is 23.1 Å². The molecule has 4 rings (SSSR count). The van der Waals surface area contributed by atoms with Crippen molar-refractivity contribution >= 4 is 22.7 Å². The smallest absolute Gasteiger partial charge is 0.416 e. The normalized spacial score (nSPS) is 16.0. The Hall–Kier alpha value is -3.07. The van der Waals surface area contributed by atoms with Crippen LogP contribution in [0.15, 0.2) is 42.5 Å². The third-order valence-electron chi connectivity index (χ3n) is 5.60. The summed E-state index contributed by atoms with van der Waals surface area (Å²) in [6.07, 6.45) is -2.40. The van der Waals surface area contributed by atoms with Gasteiger partial charge in [0, 0.05) is 6.54 Å². The molecular formula is C22H24F3N5O. The quantitative estimate of drug-likeness (QED) is 0.632. The fourth-order valence-electron chi connectivity index (χ4n) is 3.89. The van der Waals surface area contributed by atoms with Crippen molar-refractivity contribution in [1.82, 2.24) is 14.9 Å². The molecular weight excluding hydrogens is 407 g/mol. The Kier molecular flexibility index (Phi) is 5.86. The molecule has 1 aliphatic rings. The van der Waals surface area contributed by atoms with Crippen molar-refractivity contribution in [1.29, 1.82) is 0 Å². The van der Waals surface area contributed by atoms with E-state index in [1.54, 1.807) is 12.1 Å². The molecule has 0 bridgehead atoms. The number of anilines is 2. The van der Waals surface area contributed by atoms with Crippen LogP contribution in [0, 0.1) is 5.92 Å². The summed E-state index contributed by atoms with van der Waals surface area (Å²) in [5, 5.41) is 0.663. The molecule has 31 heavy (non-hydrogen) atoms. The number of likely N-dealkylation sites (tertiary alicyclic amines) is 1. The Balaban J connectivity index is 1.31. The lowest BCUT2D eigenvalue weighted by Crippen LogP contribution is -2.35. The van der Waals surface area contributed by atoms with Gasteiger partial charge in [-0.3, -0.25) is 4.90 Å². The minimum absolute atomic E-state index is 0.127. The largest absolute Gasteiger partial charge is 0.492 e. The molecule has 0 aliphatic carbocycles. The number of benzene rings is 2. The van der Waals surface area contributed by atoms with Gasteiger partial charge in [0.15, 0.2) is 0 Å². The first-order valence-electron chi connectivity index (χ1n) is 10.1. The molecule has 1 saturated heterocycles. The van der Waals surface area contributed by atoms with E-state index in [0.29, 0.717) is 41.5 Å². The summed E-state index contributed by atoms with van der Waals surface area (Å²) < 4.78 is 44.2. The summed E-state index contributed by atoms with van der Waals surface area (Å²) in [5.74, 6) is 1.45. The van der Waals surface area contributed by atoms with Crippen LogP contribution in [0.2, 0.25) is 0 Å². The molecule has 0 radical (unpaired) electrons. The van der Waals surface area contributed by atoms with Gasteiger partial charge in [0.1, 0.15) is 11.6 Å². The third kappa shape index (κ3) is 4.99. The van der Waals surface area contributed by atoms with Crippen LogP contribution < -0.4 is 16.2 Å². The Morgan fingerprint density at radius 1 is 1.00 bits per heavy atom. The topological polar surface area (TPSA) is 90.3 Å². The predicted octanol–water partition coefficient (Wildman–Crippen LogP) is 4.10. The maximum Gasteiger partial charge on any atom is 0.416 e. The van der Waals surface area contributed by atoms with Gasteiger partial charge in [0.25, 0.3) is 0 Å². The molecule has 164 valence electrons. The highest BCUT2D eigenvalue weighted by Crippen LogP contribution is 2.31. The predicted molar refractivity (Wildman–Crippen MR) is 113 cm³/mol. The van der Waals surface area contributed by atoms with Crippen molar-refractivity contribution in [2.75, 3.05) is 31.2 Å². The van der Waals surface area contributed by atoms with Gasteiger partial charge in [-0.1, -0.05) is 18.2 Å². The van der Waals surface area contributed by atoms with Crippen LogP contribution >= 0.6 is 0 Å². The van der Waals surface area contributed by atoms with E-state index >= 15 is 0 Å². The molecule has 1 fully saturated rings. The highest BCUT2D eigenvalue weighted by Gasteiger charge is 2.30. The zero-order chi connectivity index (χ0) is 22.0. The van der Waals surface area contributed by atoms with E-state index < -0.39 is 11.7 Å². The van der Waals surface area contributed by atoms with Gasteiger partial charge in [-0.2, -0.15) is 18.2 Å². The number of fused-ring (bicyclic) bond motifs is 1. The van der Waals surface area contributed by atoms with Crippen molar-refractivity contribution < 1.29 is 17.9 Å². The number of nitrogens with zero attached hydrogens (tertiary/aromatic N) is 3. The number of hydrogen-bond acceptors (Lipinski definition) is 6. The maximum atomic E-state index is 12.7. The van der Waals surface area contributed by atoms with Crippen molar-refractivity contribution in [2.24, 2.45) is 5.92 Å². The van der Waals surface area contributed by atoms with Crippen LogP contribution in [0.5, 0.6) is 5.75 Å². The number of hydrogen-bond donors (Lipinski definition) is 2. The van der Waals surface area contributed by atoms with Crippen LogP contribution in [0.1, 0.15) is 24.0 Å². The molecule has 3 aromatic rings. The first-order valence-corrected chi connectivity index (χ1v) is 10.1. The molecule has 2 aromatic carbocycles. The Morgan fingerprint density at radius 3 is 2.39 bits per heavy atom. The average Bonchev–Trinajstić information content (AvgIpc) is 2.72. The van der Waals surface area contributed by atoms with E-state index in [1.165, 1.54) is 0 Å². The van der Waals surface area contributed by atoms with E-state index in [9.17, 15) is 13.2 Å². The second-order valence-electron chi connectivity index (χ2n) is 7.84. The van der Waals surface area contributed by atoms with Crippen LogP contribution in [-0.4, -0.2) is 34.6 Å². The lowest BCUT2D eigenvalue weighted by atomic mass is 9.97. The number of aromatic nitrogens is 2. The molecule has 1 aromatic heterocycles. The Labute approximate surface area is 178 Å². The summed E-state index contributed by atoms with van der Waals surface area (Å²) in [7, 11) is 0. The van der Waals surface area contributed by atoms with E-state index in [2.05, 4.69) is 14.9 Å². The first kappa shape index (κ1) is 21.2. The Bertz CT molecular complexity index is 1050. The number of nitrogens with two attached hydrogens (primary N) is 2. The first-order chi connectivity index (χ1) is 14.8. The van der Waals surface area contributed by atoms with Gasteiger partial charge in [-0.15, -0.1) is 0 Å². The number of alkyl halides is 3. The lowest BCUT2D eigenvalue weighted by Gasteiger charge is -2.32. The molecule has 2 heterocycles. The van der Waals surface area contributed by atoms with Gasteiger partial charge in [-0.25, -0.2) is 4.98 Å². The fourth-order valence-corrected chi connectivity index (χ4v) is 3.89. The van der Waals surface area contributed by atoms with Crippen LogP contribution in [-0.2, 0) is 12.7 Å². The zero-order valence-electron chi connectivity index (χ0n) is 16.9. The van der Waals surface area contributed by atoms with E-state index in [0.717, 1.165) is 43.6 Å². The second kappa shape index (κ2) is 8.58. The number of halogens is 3. The molecule has 1 aliphatic heterocycles. The fraction of sp³-hybridized carbons (Fsp3) is 0.364. The zero-order valence-corrected chi connectivity index (χ0v) is 16.9. The van der Waals surface area contributed by atoms with Crippen molar-refractivity contribution in [3.05, 3.63) is 53.6 Å². The number of piperidine rings is 1. The Morgan fingerprint density at radius 2 is 1.71 bits per heavy atom. The summed E-state index contributed by atoms with van der Waals surface area (Å²) >= 11 is 0. The number of rotatable bonds is 5. The SMILES string of the molecule is Nc1nc(N)c2c(OCC3CCN(Cc4ccc(C(F)(F)F)cc4)CC3)cccc2n1. The van der Waals surface area contributed by atoms with E-state index in [-0.39, 0.29) is 5.95 Å². The molecule has 0 spiro atoms. The average molecular weight is 431 g/mol. The summed E-state index contributed by atoms with van der Waals surface area (Å²) in [4.78, 5) is 10.5. The highest BCUT2D eigenvalue weighted by molar-refractivity contribution is 5.94. The molecule has 0 atom stereocenters.